The largest absolute Gasteiger partial charge is 0.493 e. The van der Waals surface area contributed by atoms with Gasteiger partial charge in [-0.3, -0.25) is 4.79 Å². The van der Waals surface area contributed by atoms with Crippen molar-refractivity contribution in [2.45, 2.75) is 59.0 Å². The summed E-state index contributed by atoms with van der Waals surface area (Å²) in [4.78, 5) is 13.4. The second kappa shape index (κ2) is 10.4. The van der Waals surface area contributed by atoms with Gasteiger partial charge in [0.25, 0.3) is 0 Å². The second-order valence-electron chi connectivity index (χ2n) is 8.72. The zero-order valence-corrected chi connectivity index (χ0v) is 19.5. The van der Waals surface area contributed by atoms with Crippen LogP contribution in [0.4, 0.5) is 0 Å². The average molecular weight is 438 g/mol. The zero-order valence-electron chi connectivity index (χ0n) is 19.5. The van der Waals surface area contributed by atoms with Gasteiger partial charge >= 0.3 is 0 Å². The Morgan fingerprint density at radius 3 is 2.50 bits per heavy atom. The third-order valence-electron chi connectivity index (χ3n) is 6.32. The molecule has 0 radical (unpaired) electrons. The summed E-state index contributed by atoms with van der Waals surface area (Å²) in [7, 11) is 0. The Hall–Kier alpha value is -2.53. The molecule has 5 nitrogen and oxygen atoms in total. The number of hydrogen-bond acceptors (Lipinski definition) is 5. The predicted octanol–water partition coefficient (Wildman–Crippen LogP) is 5.63. The smallest absolute Gasteiger partial charge is 0.194 e. The fraction of sp³-hybridized carbons (Fsp3) is 0.519. The summed E-state index contributed by atoms with van der Waals surface area (Å²) < 4.78 is 18.6. The Balaban J connectivity index is 1.75. The SMILES string of the molecule is CCCOc1cc(OCCC)c2c(c1)C(=O)c1cccc(OC(CC)C3CCCNC3)c1-2. The van der Waals surface area contributed by atoms with Gasteiger partial charge in [-0.05, 0) is 50.8 Å². The van der Waals surface area contributed by atoms with Crippen LogP contribution in [-0.4, -0.2) is 38.2 Å². The standard InChI is InChI=1S/C27H35NO4/c1-4-13-30-19-15-21-26(24(16-19)31-14-5-2)25-20(27(21)29)10-7-11-23(25)32-22(6-3)18-9-8-12-28-17-18/h7,10-11,15-16,18,22,28H,4-6,8-9,12-14,17H2,1-3H3. The van der Waals surface area contributed by atoms with Gasteiger partial charge in [0.15, 0.2) is 5.78 Å². The molecule has 1 saturated heterocycles. The van der Waals surface area contributed by atoms with Gasteiger partial charge in [-0.25, -0.2) is 0 Å². The Morgan fingerprint density at radius 2 is 1.78 bits per heavy atom. The molecule has 5 heteroatoms. The minimum Gasteiger partial charge on any atom is -0.493 e. The lowest BCUT2D eigenvalue weighted by atomic mass is 9.92. The summed E-state index contributed by atoms with van der Waals surface area (Å²) in [6.45, 7) is 9.57. The highest BCUT2D eigenvalue weighted by molar-refractivity contribution is 6.23. The number of nitrogens with one attached hydrogen (secondary N) is 1. The molecule has 1 fully saturated rings. The zero-order chi connectivity index (χ0) is 22.5. The van der Waals surface area contributed by atoms with Crippen LogP contribution in [0.2, 0.25) is 0 Å². The van der Waals surface area contributed by atoms with Crippen LogP contribution < -0.4 is 19.5 Å². The van der Waals surface area contributed by atoms with E-state index in [4.69, 9.17) is 14.2 Å². The molecular weight excluding hydrogens is 402 g/mol. The van der Waals surface area contributed by atoms with E-state index in [0.29, 0.717) is 41.8 Å². The van der Waals surface area contributed by atoms with E-state index in [2.05, 4.69) is 26.1 Å². The first-order valence-corrected chi connectivity index (χ1v) is 12.2. The Bertz CT molecular complexity index is 949. The highest BCUT2D eigenvalue weighted by atomic mass is 16.5. The van der Waals surface area contributed by atoms with E-state index >= 15 is 0 Å². The van der Waals surface area contributed by atoms with Crippen molar-refractivity contribution in [1.29, 1.82) is 0 Å². The van der Waals surface area contributed by atoms with Gasteiger partial charge in [0.1, 0.15) is 23.4 Å². The maximum Gasteiger partial charge on any atom is 0.194 e. The van der Waals surface area contributed by atoms with E-state index in [-0.39, 0.29) is 11.9 Å². The summed E-state index contributed by atoms with van der Waals surface area (Å²) in [6, 6.07) is 9.59. The first-order valence-electron chi connectivity index (χ1n) is 12.2. The Morgan fingerprint density at radius 1 is 1.00 bits per heavy atom. The average Bonchev–Trinajstić information content (AvgIpc) is 3.13. The maximum absolute atomic E-state index is 13.4. The Labute approximate surface area is 191 Å². The highest BCUT2D eigenvalue weighted by Crippen LogP contribution is 2.49. The normalized spacial score (nSPS) is 18.1. The number of carbonyl (C=O) groups excluding carboxylic acids is 1. The predicted molar refractivity (Wildman–Crippen MR) is 127 cm³/mol. The summed E-state index contributed by atoms with van der Waals surface area (Å²) in [6.07, 6.45) is 5.18. The lowest BCUT2D eigenvalue weighted by molar-refractivity contribution is 0.103. The van der Waals surface area contributed by atoms with Gasteiger partial charge in [-0.1, -0.05) is 32.9 Å². The molecule has 0 spiro atoms. The monoisotopic (exact) mass is 437 g/mol. The second-order valence-corrected chi connectivity index (χ2v) is 8.72. The third kappa shape index (κ3) is 4.49. The van der Waals surface area contributed by atoms with Gasteiger partial charge in [0, 0.05) is 40.8 Å². The van der Waals surface area contributed by atoms with Crippen molar-refractivity contribution in [3.63, 3.8) is 0 Å². The molecule has 172 valence electrons. The molecule has 0 amide bonds. The van der Waals surface area contributed by atoms with Crippen molar-refractivity contribution in [3.8, 4) is 28.4 Å². The summed E-state index contributed by atoms with van der Waals surface area (Å²) in [5.74, 6) is 2.64. The third-order valence-corrected chi connectivity index (χ3v) is 6.32. The number of ether oxygens (including phenoxy) is 3. The van der Waals surface area contributed by atoms with E-state index in [9.17, 15) is 4.79 Å². The molecule has 32 heavy (non-hydrogen) atoms. The Kier molecular flexibility index (Phi) is 7.36. The first-order chi connectivity index (χ1) is 15.7. The lowest BCUT2D eigenvalue weighted by Gasteiger charge is -2.31. The van der Waals surface area contributed by atoms with Crippen LogP contribution in [0.5, 0.6) is 17.2 Å². The minimum atomic E-state index is 0.0103. The van der Waals surface area contributed by atoms with Crippen molar-refractivity contribution in [2.24, 2.45) is 5.92 Å². The quantitative estimate of drug-likeness (QED) is 0.445. The summed E-state index contributed by atoms with van der Waals surface area (Å²) >= 11 is 0. The van der Waals surface area contributed by atoms with Gasteiger partial charge in [0.2, 0.25) is 0 Å². The molecule has 2 aromatic carbocycles. The number of hydrogen-bond donors (Lipinski definition) is 1. The number of carbonyl (C=O) groups is 1. The van der Waals surface area contributed by atoms with Crippen molar-refractivity contribution in [1.82, 2.24) is 5.32 Å². The van der Waals surface area contributed by atoms with Crippen LogP contribution >= 0.6 is 0 Å². The number of piperidine rings is 1. The molecule has 1 heterocycles. The van der Waals surface area contributed by atoms with Crippen molar-refractivity contribution >= 4 is 5.78 Å². The van der Waals surface area contributed by atoms with E-state index in [1.54, 1.807) is 0 Å². The van der Waals surface area contributed by atoms with E-state index in [0.717, 1.165) is 49.2 Å². The molecule has 0 bridgehead atoms. The molecule has 2 aliphatic rings. The van der Waals surface area contributed by atoms with Crippen molar-refractivity contribution in [3.05, 3.63) is 41.5 Å². The number of ketones is 1. The van der Waals surface area contributed by atoms with Gasteiger partial charge in [-0.15, -0.1) is 0 Å². The molecule has 1 aliphatic heterocycles. The summed E-state index contributed by atoms with van der Waals surface area (Å²) in [5.41, 5.74) is 3.03. The van der Waals surface area contributed by atoms with Gasteiger partial charge < -0.3 is 19.5 Å². The summed E-state index contributed by atoms with van der Waals surface area (Å²) in [5, 5.41) is 3.50. The molecule has 1 aliphatic carbocycles. The molecule has 2 aromatic rings. The fourth-order valence-corrected chi connectivity index (χ4v) is 4.75. The van der Waals surface area contributed by atoms with Gasteiger partial charge in [-0.2, -0.15) is 0 Å². The van der Waals surface area contributed by atoms with Crippen LogP contribution in [0, 0.1) is 5.92 Å². The minimum absolute atomic E-state index is 0.0103. The lowest BCUT2D eigenvalue weighted by Crippen LogP contribution is -2.39. The maximum atomic E-state index is 13.4. The molecule has 0 aromatic heterocycles. The van der Waals surface area contributed by atoms with Crippen LogP contribution in [0.3, 0.4) is 0 Å². The van der Waals surface area contributed by atoms with Crippen LogP contribution in [0.25, 0.3) is 11.1 Å². The van der Waals surface area contributed by atoms with E-state index in [1.165, 1.54) is 12.8 Å². The van der Waals surface area contributed by atoms with Crippen LogP contribution in [0.15, 0.2) is 30.3 Å². The van der Waals surface area contributed by atoms with Crippen LogP contribution in [0.1, 0.15) is 68.8 Å². The molecule has 0 saturated carbocycles. The van der Waals surface area contributed by atoms with Gasteiger partial charge in [0.05, 0.1) is 13.2 Å². The number of rotatable bonds is 10. The molecule has 2 atom stereocenters. The van der Waals surface area contributed by atoms with E-state index < -0.39 is 0 Å². The van der Waals surface area contributed by atoms with Crippen molar-refractivity contribution in [2.75, 3.05) is 26.3 Å². The fourth-order valence-electron chi connectivity index (χ4n) is 4.75. The molecule has 4 rings (SSSR count). The number of benzene rings is 2. The topological polar surface area (TPSA) is 56.8 Å². The van der Waals surface area contributed by atoms with E-state index in [1.807, 2.05) is 30.3 Å². The highest BCUT2D eigenvalue weighted by Gasteiger charge is 2.35. The molecule has 1 N–H and O–H groups in total. The van der Waals surface area contributed by atoms with Crippen molar-refractivity contribution < 1.29 is 19.0 Å². The first kappa shape index (κ1) is 22.7. The molecule has 2 unspecified atom stereocenters. The van der Waals surface area contributed by atoms with Crippen LogP contribution in [-0.2, 0) is 0 Å². The molecular formula is C27H35NO4. The number of fused-ring (bicyclic) bond motifs is 3.